The predicted molar refractivity (Wildman–Crippen MR) is 57.5 cm³/mol. The fourth-order valence-corrected chi connectivity index (χ4v) is 1.27. The lowest BCUT2D eigenvalue weighted by Gasteiger charge is -2.08. The van der Waals surface area contributed by atoms with Gasteiger partial charge < -0.3 is 4.74 Å². The minimum atomic E-state index is -0.340. The van der Waals surface area contributed by atoms with Crippen molar-refractivity contribution in [2.75, 3.05) is 0 Å². The summed E-state index contributed by atoms with van der Waals surface area (Å²) >= 11 is 0. The molecule has 0 fully saturated rings. The fraction of sp³-hybridized carbons (Fsp3) is 0.455. The molecule has 1 aromatic heterocycles. The maximum Gasteiger partial charge on any atom is 0.341 e. The van der Waals surface area contributed by atoms with Gasteiger partial charge in [0.25, 0.3) is 0 Å². The minimum absolute atomic E-state index is 0.206. The Morgan fingerprint density at radius 3 is 2.73 bits per heavy atom. The van der Waals surface area contributed by atoms with Crippen LogP contribution in [0.4, 0.5) is 0 Å². The molecule has 1 heterocycles. The second kappa shape index (κ2) is 4.77. The third-order valence-electron chi connectivity index (χ3n) is 1.80. The number of hydrogen-bond donors (Lipinski definition) is 0. The van der Waals surface area contributed by atoms with E-state index >= 15 is 0 Å². The van der Waals surface area contributed by atoms with E-state index in [0.717, 1.165) is 5.57 Å². The summed E-state index contributed by atoms with van der Waals surface area (Å²) in [5.41, 5.74) is 1.60. The number of carbonyl (C=O) groups excluding carboxylic acids is 1. The van der Waals surface area contributed by atoms with Gasteiger partial charge in [-0.1, -0.05) is 5.57 Å². The van der Waals surface area contributed by atoms with Gasteiger partial charge in [-0.15, -0.1) is 0 Å². The van der Waals surface area contributed by atoms with E-state index in [9.17, 15) is 4.79 Å². The molecule has 1 aromatic rings. The monoisotopic (exact) mass is 208 g/mol. The molecule has 1 atom stereocenters. The summed E-state index contributed by atoms with van der Waals surface area (Å²) in [4.78, 5) is 11.5. The van der Waals surface area contributed by atoms with E-state index in [4.69, 9.17) is 4.74 Å². The van der Waals surface area contributed by atoms with E-state index in [1.165, 1.54) is 6.20 Å². The van der Waals surface area contributed by atoms with E-state index in [0.29, 0.717) is 5.56 Å². The van der Waals surface area contributed by atoms with Crippen molar-refractivity contribution in [1.82, 2.24) is 9.78 Å². The summed E-state index contributed by atoms with van der Waals surface area (Å²) in [5, 5.41) is 3.91. The largest absolute Gasteiger partial charge is 0.455 e. The Bertz CT molecular complexity index is 376. The summed E-state index contributed by atoms with van der Waals surface area (Å²) in [5.74, 6) is -0.340. The quantitative estimate of drug-likeness (QED) is 0.563. The molecule has 0 spiro atoms. The van der Waals surface area contributed by atoms with Crippen molar-refractivity contribution in [2.45, 2.75) is 26.9 Å². The summed E-state index contributed by atoms with van der Waals surface area (Å²) in [6.07, 6.45) is 4.83. The molecule has 0 aliphatic carbocycles. The first kappa shape index (κ1) is 11.5. The topological polar surface area (TPSA) is 44.1 Å². The number of carbonyl (C=O) groups is 1. The van der Waals surface area contributed by atoms with Gasteiger partial charge in [-0.3, -0.25) is 4.68 Å². The van der Waals surface area contributed by atoms with Crippen LogP contribution in [0.2, 0.25) is 0 Å². The zero-order valence-corrected chi connectivity index (χ0v) is 9.52. The SMILES string of the molecule is CC(C)=CC(C)OC(=O)c1cnn(C)c1. The van der Waals surface area contributed by atoms with Crippen LogP contribution in [-0.4, -0.2) is 21.9 Å². The standard InChI is InChI=1S/C11H16N2O2/c1-8(2)5-9(3)15-11(14)10-6-12-13(4)7-10/h5-7,9H,1-4H3. The first-order valence-electron chi connectivity index (χ1n) is 4.83. The Kier molecular flexibility index (Phi) is 3.66. The molecule has 82 valence electrons. The lowest BCUT2D eigenvalue weighted by Crippen LogP contribution is -2.12. The van der Waals surface area contributed by atoms with Gasteiger partial charge in [-0.25, -0.2) is 4.79 Å². The maximum absolute atomic E-state index is 11.5. The van der Waals surface area contributed by atoms with Crippen molar-refractivity contribution in [3.8, 4) is 0 Å². The van der Waals surface area contributed by atoms with Crippen molar-refractivity contribution >= 4 is 5.97 Å². The summed E-state index contributed by atoms with van der Waals surface area (Å²) in [7, 11) is 1.76. The molecule has 0 amide bonds. The number of rotatable bonds is 3. The van der Waals surface area contributed by atoms with Gasteiger partial charge in [0.2, 0.25) is 0 Å². The molecule has 1 unspecified atom stereocenters. The molecular weight excluding hydrogens is 192 g/mol. The normalized spacial score (nSPS) is 12.0. The van der Waals surface area contributed by atoms with E-state index in [1.54, 1.807) is 17.9 Å². The van der Waals surface area contributed by atoms with Gasteiger partial charge in [0.05, 0.1) is 11.8 Å². The Hall–Kier alpha value is -1.58. The second-order valence-electron chi connectivity index (χ2n) is 3.76. The van der Waals surface area contributed by atoms with Crippen LogP contribution in [0.15, 0.2) is 24.0 Å². The highest BCUT2D eigenvalue weighted by atomic mass is 16.5. The number of allylic oxidation sites excluding steroid dienone is 1. The third kappa shape index (κ3) is 3.58. The van der Waals surface area contributed by atoms with Gasteiger partial charge >= 0.3 is 5.97 Å². The highest BCUT2D eigenvalue weighted by molar-refractivity contribution is 5.88. The molecule has 0 saturated carbocycles. The van der Waals surface area contributed by atoms with E-state index < -0.39 is 0 Å². The maximum atomic E-state index is 11.5. The number of aromatic nitrogens is 2. The smallest absolute Gasteiger partial charge is 0.341 e. The molecule has 0 aromatic carbocycles. The number of esters is 1. The Morgan fingerprint density at radius 1 is 1.60 bits per heavy atom. The van der Waals surface area contributed by atoms with Gasteiger partial charge in [-0.2, -0.15) is 5.10 Å². The molecule has 0 aliphatic rings. The highest BCUT2D eigenvalue weighted by Crippen LogP contribution is 2.05. The lowest BCUT2D eigenvalue weighted by atomic mass is 10.2. The van der Waals surface area contributed by atoms with E-state index in [1.807, 2.05) is 26.8 Å². The van der Waals surface area contributed by atoms with Crippen LogP contribution in [0.5, 0.6) is 0 Å². The second-order valence-corrected chi connectivity index (χ2v) is 3.76. The third-order valence-corrected chi connectivity index (χ3v) is 1.80. The Morgan fingerprint density at radius 2 is 2.27 bits per heavy atom. The molecule has 0 radical (unpaired) electrons. The summed E-state index contributed by atoms with van der Waals surface area (Å²) in [6, 6.07) is 0. The average Bonchev–Trinajstić information content (AvgIpc) is 2.49. The lowest BCUT2D eigenvalue weighted by molar-refractivity contribution is 0.0423. The minimum Gasteiger partial charge on any atom is -0.455 e. The molecule has 0 aliphatic heterocycles. The van der Waals surface area contributed by atoms with Crippen LogP contribution in [0.25, 0.3) is 0 Å². The number of nitrogens with zero attached hydrogens (tertiary/aromatic N) is 2. The van der Waals surface area contributed by atoms with Gasteiger partial charge in [0.1, 0.15) is 6.10 Å². The van der Waals surface area contributed by atoms with Gasteiger partial charge in [-0.05, 0) is 26.8 Å². The summed E-state index contributed by atoms with van der Waals surface area (Å²) < 4.78 is 6.76. The van der Waals surface area contributed by atoms with Crippen LogP contribution in [-0.2, 0) is 11.8 Å². The number of aryl methyl sites for hydroxylation is 1. The molecule has 0 bridgehead atoms. The molecule has 1 rings (SSSR count). The fourth-order valence-electron chi connectivity index (χ4n) is 1.27. The van der Waals surface area contributed by atoms with Crippen molar-refractivity contribution in [3.63, 3.8) is 0 Å². The van der Waals surface area contributed by atoms with Crippen LogP contribution in [0, 0.1) is 0 Å². The van der Waals surface area contributed by atoms with Crippen LogP contribution < -0.4 is 0 Å². The summed E-state index contributed by atoms with van der Waals surface area (Å²) in [6.45, 7) is 5.77. The van der Waals surface area contributed by atoms with Crippen LogP contribution in [0.3, 0.4) is 0 Å². The zero-order valence-electron chi connectivity index (χ0n) is 9.52. The first-order valence-corrected chi connectivity index (χ1v) is 4.83. The molecule has 4 heteroatoms. The van der Waals surface area contributed by atoms with Crippen molar-refractivity contribution in [2.24, 2.45) is 7.05 Å². The van der Waals surface area contributed by atoms with Crippen molar-refractivity contribution in [3.05, 3.63) is 29.6 Å². The van der Waals surface area contributed by atoms with Crippen molar-refractivity contribution < 1.29 is 9.53 Å². The zero-order chi connectivity index (χ0) is 11.4. The molecule has 0 N–H and O–H groups in total. The van der Waals surface area contributed by atoms with Crippen LogP contribution in [0.1, 0.15) is 31.1 Å². The molecule has 15 heavy (non-hydrogen) atoms. The molecule has 4 nitrogen and oxygen atoms in total. The van der Waals surface area contributed by atoms with Crippen LogP contribution >= 0.6 is 0 Å². The first-order chi connectivity index (χ1) is 6.99. The van der Waals surface area contributed by atoms with Gasteiger partial charge in [0, 0.05) is 13.2 Å². The molecule has 0 saturated heterocycles. The Balaban J connectivity index is 2.60. The average molecular weight is 208 g/mol. The van der Waals surface area contributed by atoms with E-state index in [-0.39, 0.29) is 12.1 Å². The van der Waals surface area contributed by atoms with Gasteiger partial charge in [0.15, 0.2) is 0 Å². The highest BCUT2D eigenvalue weighted by Gasteiger charge is 2.11. The Labute approximate surface area is 89.5 Å². The van der Waals surface area contributed by atoms with Crippen molar-refractivity contribution in [1.29, 1.82) is 0 Å². The predicted octanol–water partition coefficient (Wildman–Crippen LogP) is 1.93. The number of ether oxygens (including phenoxy) is 1. The van der Waals surface area contributed by atoms with E-state index in [2.05, 4.69) is 5.10 Å². The number of hydrogen-bond acceptors (Lipinski definition) is 3. The molecular formula is C11H16N2O2.